The van der Waals surface area contributed by atoms with Crippen molar-refractivity contribution in [3.05, 3.63) is 41.6 Å². The molecule has 1 N–H and O–H groups in total. The van der Waals surface area contributed by atoms with Crippen molar-refractivity contribution < 1.29 is 4.79 Å². The predicted molar refractivity (Wildman–Crippen MR) is 69.1 cm³/mol. The van der Waals surface area contributed by atoms with Crippen molar-refractivity contribution in [3.63, 3.8) is 0 Å². The van der Waals surface area contributed by atoms with Gasteiger partial charge >= 0.3 is 0 Å². The SMILES string of the molecule is CCCc1ccc2c(C(=O)NC)cccc2n1. The van der Waals surface area contributed by atoms with Gasteiger partial charge in [-0.3, -0.25) is 9.78 Å². The number of nitrogens with one attached hydrogen (secondary N) is 1. The average Bonchev–Trinajstić information content (AvgIpc) is 2.37. The molecule has 0 saturated heterocycles. The molecule has 88 valence electrons. The van der Waals surface area contributed by atoms with Gasteiger partial charge in [0.2, 0.25) is 0 Å². The highest BCUT2D eigenvalue weighted by Crippen LogP contribution is 2.18. The van der Waals surface area contributed by atoms with E-state index < -0.39 is 0 Å². The van der Waals surface area contributed by atoms with Crippen molar-refractivity contribution in [2.24, 2.45) is 0 Å². The van der Waals surface area contributed by atoms with Gasteiger partial charge in [-0.2, -0.15) is 0 Å². The van der Waals surface area contributed by atoms with E-state index in [0.29, 0.717) is 5.56 Å². The van der Waals surface area contributed by atoms with E-state index >= 15 is 0 Å². The largest absolute Gasteiger partial charge is 0.355 e. The monoisotopic (exact) mass is 228 g/mol. The summed E-state index contributed by atoms with van der Waals surface area (Å²) in [5.41, 5.74) is 2.65. The van der Waals surface area contributed by atoms with E-state index in [-0.39, 0.29) is 5.91 Å². The van der Waals surface area contributed by atoms with Crippen molar-refractivity contribution >= 4 is 16.8 Å². The van der Waals surface area contributed by atoms with Crippen molar-refractivity contribution in [2.75, 3.05) is 7.05 Å². The minimum atomic E-state index is -0.0689. The first kappa shape index (κ1) is 11.6. The summed E-state index contributed by atoms with van der Waals surface area (Å²) in [6, 6.07) is 9.62. The first-order valence-electron chi connectivity index (χ1n) is 5.87. The lowest BCUT2D eigenvalue weighted by atomic mass is 10.1. The molecule has 1 amide bonds. The zero-order valence-corrected chi connectivity index (χ0v) is 10.2. The molecule has 1 aromatic carbocycles. The molecule has 1 aromatic heterocycles. The molecular weight excluding hydrogens is 212 g/mol. The Kier molecular flexibility index (Phi) is 3.38. The predicted octanol–water partition coefficient (Wildman–Crippen LogP) is 2.55. The molecule has 2 rings (SSSR count). The smallest absolute Gasteiger partial charge is 0.251 e. The molecule has 0 saturated carbocycles. The third kappa shape index (κ3) is 2.28. The van der Waals surface area contributed by atoms with Gasteiger partial charge in [-0.1, -0.05) is 25.5 Å². The van der Waals surface area contributed by atoms with Crippen molar-refractivity contribution in [1.82, 2.24) is 10.3 Å². The van der Waals surface area contributed by atoms with Crippen molar-refractivity contribution in [3.8, 4) is 0 Å². The second-order valence-electron chi connectivity index (χ2n) is 4.00. The van der Waals surface area contributed by atoms with Crippen molar-refractivity contribution in [1.29, 1.82) is 0 Å². The lowest BCUT2D eigenvalue weighted by Gasteiger charge is -2.06. The van der Waals surface area contributed by atoms with Gasteiger partial charge in [0.15, 0.2) is 0 Å². The van der Waals surface area contributed by atoms with Crippen LogP contribution in [-0.2, 0) is 6.42 Å². The number of pyridine rings is 1. The van der Waals surface area contributed by atoms with Crippen LogP contribution in [0.3, 0.4) is 0 Å². The zero-order chi connectivity index (χ0) is 12.3. The summed E-state index contributed by atoms with van der Waals surface area (Å²) in [6.07, 6.45) is 2.05. The molecule has 0 unspecified atom stereocenters. The standard InChI is InChI=1S/C14H16N2O/c1-3-5-10-8-9-11-12(14(17)15-2)6-4-7-13(11)16-10/h4,6-9H,3,5H2,1-2H3,(H,15,17). The quantitative estimate of drug-likeness (QED) is 0.877. The lowest BCUT2D eigenvalue weighted by Crippen LogP contribution is -2.18. The number of hydrogen-bond donors (Lipinski definition) is 1. The number of amides is 1. The molecule has 0 radical (unpaired) electrons. The van der Waals surface area contributed by atoms with E-state index in [1.165, 1.54) is 0 Å². The number of aromatic nitrogens is 1. The number of fused-ring (bicyclic) bond motifs is 1. The summed E-state index contributed by atoms with van der Waals surface area (Å²) in [5, 5.41) is 3.56. The van der Waals surface area contributed by atoms with Gasteiger partial charge in [0, 0.05) is 23.7 Å². The molecule has 3 heteroatoms. The number of benzene rings is 1. The molecule has 0 aliphatic rings. The maximum absolute atomic E-state index is 11.7. The fourth-order valence-electron chi connectivity index (χ4n) is 1.93. The van der Waals surface area contributed by atoms with E-state index in [2.05, 4.69) is 17.2 Å². The summed E-state index contributed by atoms with van der Waals surface area (Å²) < 4.78 is 0. The second kappa shape index (κ2) is 4.95. The summed E-state index contributed by atoms with van der Waals surface area (Å²) in [5.74, 6) is -0.0689. The highest BCUT2D eigenvalue weighted by molar-refractivity contribution is 6.06. The van der Waals surface area contributed by atoms with Crippen LogP contribution in [-0.4, -0.2) is 17.9 Å². The third-order valence-corrected chi connectivity index (χ3v) is 2.77. The molecule has 0 bridgehead atoms. The Morgan fingerprint density at radius 2 is 2.12 bits per heavy atom. The molecule has 0 spiro atoms. The molecule has 2 aromatic rings. The van der Waals surface area contributed by atoms with E-state index in [4.69, 9.17) is 0 Å². The molecule has 0 fully saturated rings. The van der Waals surface area contributed by atoms with Crippen molar-refractivity contribution in [2.45, 2.75) is 19.8 Å². The first-order chi connectivity index (χ1) is 8.26. The average molecular weight is 228 g/mol. The molecule has 0 atom stereocenters. The van der Waals surface area contributed by atoms with Gasteiger partial charge in [0.05, 0.1) is 5.52 Å². The first-order valence-corrected chi connectivity index (χ1v) is 5.87. The van der Waals surface area contributed by atoms with Gasteiger partial charge < -0.3 is 5.32 Å². The van der Waals surface area contributed by atoms with Crippen LogP contribution in [0.5, 0.6) is 0 Å². The zero-order valence-electron chi connectivity index (χ0n) is 10.2. The van der Waals surface area contributed by atoms with Gasteiger partial charge in [0.1, 0.15) is 0 Å². The van der Waals surface area contributed by atoms with Crippen LogP contribution in [0.4, 0.5) is 0 Å². The minimum Gasteiger partial charge on any atom is -0.355 e. The Morgan fingerprint density at radius 1 is 1.29 bits per heavy atom. The van der Waals surface area contributed by atoms with E-state index in [0.717, 1.165) is 29.4 Å². The Hall–Kier alpha value is -1.90. The number of aryl methyl sites for hydroxylation is 1. The van der Waals surface area contributed by atoms with E-state index in [1.54, 1.807) is 7.05 Å². The van der Waals surface area contributed by atoms with Crippen LogP contribution in [0.2, 0.25) is 0 Å². The van der Waals surface area contributed by atoms with Gasteiger partial charge in [-0.25, -0.2) is 0 Å². The number of hydrogen-bond acceptors (Lipinski definition) is 2. The highest BCUT2D eigenvalue weighted by atomic mass is 16.1. The lowest BCUT2D eigenvalue weighted by molar-refractivity contribution is 0.0964. The maximum atomic E-state index is 11.7. The molecule has 0 aliphatic carbocycles. The molecule has 3 nitrogen and oxygen atoms in total. The molecule has 17 heavy (non-hydrogen) atoms. The van der Waals surface area contributed by atoms with Crippen LogP contribution in [0.25, 0.3) is 10.9 Å². The third-order valence-electron chi connectivity index (χ3n) is 2.77. The minimum absolute atomic E-state index is 0.0689. The maximum Gasteiger partial charge on any atom is 0.251 e. The van der Waals surface area contributed by atoms with Crippen LogP contribution < -0.4 is 5.32 Å². The number of carbonyl (C=O) groups excluding carboxylic acids is 1. The fourth-order valence-corrected chi connectivity index (χ4v) is 1.93. The number of carbonyl (C=O) groups is 1. The number of rotatable bonds is 3. The summed E-state index contributed by atoms with van der Waals surface area (Å²) in [7, 11) is 1.64. The van der Waals surface area contributed by atoms with Crippen LogP contribution in [0.15, 0.2) is 30.3 Å². The topological polar surface area (TPSA) is 42.0 Å². The van der Waals surface area contributed by atoms with E-state index in [9.17, 15) is 4.79 Å². The summed E-state index contributed by atoms with van der Waals surface area (Å²) in [4.78, 5) is 16.3. The molecule has 1 heterocycles. The van der Waals surface area contributed by atoms with Gasteiger partial charge in [0.25, 0.3) is 5.91 Å². The van der Waals surface area contributed by atoms with E-state index in [1.807, 2.05) is 30.3 Å². The van der Waals surface area contributed by atoms with Crippen LogP contribution >= 0.6 is 0 Å². The Labute approximate surface area is 101 Å². The van der Waals surface area contributed by atoms with Gasteiger partial charge in [-0.15, -0.1) is 0 Å². The Morgan fingerprint density at radius 3 is 2.82 bits per heavy atom. The normalized spacial score (nSPS) is 10.5. The van der Waals surface area contributed by atoms with Crippen LogP contribution in [0, 0.1) is 0 Å². The van der Waals surface area contributed by atoms with Gasteiger partial charge in [-0.05, 0) is 24.6 Å². The molecule has 0 aliphatic heterocycles. The highest BCUT2D eigenvalue weighted by Gasteiger charge is 2.08. The Bertz CT molecular complexity index is 549. The Balaban J connectivity index is 2.55. The molecular formula is C14H16N2O. The van der Waals surface area contributed by atoms with Crippen LogP contribution in [0.1, 0.15) is 29.4 Å². The second-order valence-corrected chi connectivity index (χ2v) is 4.00. The fraction of sp³-hybridized carbons (Fsp3) is 0.286. The summed E-state index contributed by atoms with van der Waals surface area (Å²) >= 11 is 0. The summed E-state index contributed by atoms with van der Waals surface area (Å²) in [6.45, 7) is 2.13. The number of nitrogens with zero attached hydrogens (tertiary/aromatic N) is 1.